The van der Waals surface area contributed by atoms with Crippen molar-refractivity contribution in [1.29, 1.82) is 0 Å². The maximum absolute atomic E-state index is 4.89. The first kappa shape index (κ1) is 18.6. The Morgan fingerprint density at radius 2 is 1.40 bits per heavy atom. The molecule has 0 N–H and O–H groups in total. The van der Waals surface area contributed by atoms with Gasteiger partial charge in [0.2, 0.25) is 0 Å². The third-order valence-corrected chi connectivity index (χ3v) is 5.83. The third-order valence-electron chi connectivity index (χ3n) is 5.83. The molecule has 2 aromatic carbocycles. The molecule has 150 valence electrons. The molecule has 1 aliphatic heterocycles. The van der Waals surface area contributed by atoms with Gasteiger partial charge in [-0.1, -0.05) is 48.0 Å². The number of aryl methyl sites for hydroxylation is 2. The minimum Gasteiger partial charge on any atom is -0.353 e. The molecule has 0 unspecified atom stereocenters. The zero-order valence-corrected chi connectivity index (χ0v) is 17.4. The van der Waals surface area contributed by atoms with E-state index in [9.17, 15) is 0 Å². The molecule has 3 heterocycles. The zero-order valence-electron chi connectivity index (χ0n) is 17.4. The number of benzene rings is 2. The summed E-state index contributed by atoms with van der Waals surface area (Å²) in [7, 11) is 0. The number of hydrogen-bond donors (Lipinski definition) is 0. The van der Waals surface area contributed by atoms with Crippen LogP contribution < -0.4 is 9.80 Å². The van der Waals surface area contributed by atoms with Gasteiger partial charge in [0.05, 0.1) is 11.2 Å². The summed E-state index contributed by atoms with van der Waals surface area (Å²) >= 11 is 0. The highest BCUT2D eigenvalue weighted by atomic mass is 15.3. The standard InChI is InChI=1S/C25H25N5/c1-18-7-9-20(10-8-18)22-11-12-24(28-27-22)29-13-15-30(16-14-29)25-17-19(2)21-5-3-4-6-23(21)26-25/h3-12,17H,13-16H2,1-2H3. The number of anilines is 2. The largest absolute Gasteiger partial charge is 0.353 e. The van der Waals surface area contributed by atoms with Crippen molar-refractivity contribution in [3.8, 4) is 11.3 Å². The number of para-hydroxylation sites is 1. The minimum atomic E-state index is 0.909. The summed E-state index contributed by atoms with van der Waals surface area (Å²) in [6.07, 6.45) is 0. The van der Waals surface area contributed by atoms with Gasteiger partial charge in [-0.25, -0.2) is 4.98 Å². The highest BCUT2D eigenvalue weighted by Crippen LogP contribution is 2.24. The van der Waals surface area contributed by atoms with Gasteiger partial charge in [-0.3, -0.25) is 0 Å². The van der Waals surface area contributed by atoms with E-state index in [1.807, 2.05) is 0 Å². The summed E-state index contributed by atoms with van der Waals surface area (Å²) in [5, 5.41) is 10.2. The van der Waals surface area contributed by atoms with Crippen LogP contribution in [0.4, 0.5) is 11.6 Å². The van der Waals surface area contributed by atoms with Crippen molar-refractivity contribution in [2.75, 3.05) is 36.0 Å². The molecule has 5 heteroatoms. The van der Waals surface area contributed by atoms with E-state index in [1.165, 1.54) is 16.5 Å². The SMILES string of the molecule is Cc1ccc(-c2ccc(N3CCN(c4cc(C)c5ccccc5n4)CC3)nn2)cc1. The Balaban J connectivity index is 1.28. The van der Waals surface area contributed by atoms with E-state index in [2.05, 4.69) is 101 Å². The molecule has 0 atom stereocenters. The van der Waals surface area contributed by atoms with E-state index in [1.54, 1.807) is 0 Å². The van der Waals surface area contributed by atoms with Crippen LogP contribution in [-0.4, -0.2) is 41.4 Å². The predicted octanol–water partition coefficient (Wildman–Crippen LogP) is 4.64. The van der Waals surface area contributed by atoms with Gasteiger partial charge in [-0.15, -0.1) is 10.2 Å². The zero-order chi connectivity index (χ0) is 20.5. The number of nitrogens with zero attached hydrogens (tertiary/aromatic N) is 5. The average molecular weight is 396 g/mol. The van der Waals surface area contributed by atoms with E-state index >= 15 is 0 Å². The Morgan fingerprint density at radius 1 is 0.700 bits per heavy atom. The van der Waals surface area contributed by atoms with Gasteiger partial charge in [0.25, 0.3) is 0 Å². The number of pyridine rings is 1. The second-order valence-corrected chi connectivity index (χ2v) is 7.93. The topological polar surface area (TPSA) is 45.2 Å². The average Bonchev–Trinajstić information content (AvgIpc) is 2.80. The van der Waals surface area contributed by atoms with Gasteiger partial charge in [-0.2, -0.15) is 0 Å². The maximum Gasteiger partial charge on any atom is 0.151 e. The molecule has 0 saturated carbocycles. The quantitative estimate of drug-likeness (QED) is 0.506. The van der Waals surface area contributed by atoms with Crippen LogP contribution in [0.1, 0.15) is 11.1 Å². The van der Waals surface area contributed by atoms with Gasteiger partial charge in [0, 0.05) is 37.1 Å². The Hall–Kier alpha value is -3.47. The summed E-state index contributed by atoms with van der Waals surface area (Å²) in [6, 6.07) is 23.1. The van der Waals surface area contributed by atoms with Crippen LogP contribution in [0.3, 0.4) is 0 Å². The summed E-state index contributed by atoms with van der Waals surface area (Å²) in [4.78, 5) is 9.56. The van der Waals surface area contributed by atoms with Crippen molar-refractivity contribution >= 4 is 22.5 Å². The van der Waals surface area contributed by atoms with E-state index in [4.69, 9.17) is 4.98 Å². The smallest absolute Gasteiger partial charge is 0.151 e. The Labute approximate surface area is 177 Å². The molecule has 2 aromatic heterocycles. The molecule has 4 aromatic rings. The summed E-state index contributed by atoms with van der Waals surface area (Å²) in [5.41, 5.74) is 5.59. The minimum absolute atomic E-state index is 0.909. The van der Waals surface area contributed by atoms with Crippen LogP contribution in [0.15, 0.2) is 66.7 Å². The van der Waals surface area contributed by atoms with Gasteiger partial charge < -0.3 is 9.80 Å². The molecule has 0 spiro atoms. The number of hydrogen-bond acceptors (Lipinski definition) is 5. The lowest BCUT2D eigenvalue weighted by Gasteiger charge is -2.36. The molecule has 1 saturated heterocycles. The van der Waals surface area contributed by atoms with Crippen molar-refractivity contribution in [3.05, 3.63) is 77.9 Å². The molecule has 1 fully saturated rings. The number of fused-ring (bicyclic) bond motifs is 1. The van der Waals surface area contributed by atoms with E-state index in [-0.39, 0.29) is 0 Å². The van der Waals surface area contributed by atoms with Crippen LogP contribution in [-0.2, 0) is 0 Å². The van der Waals surface area contributed by atoms with Gasteiger partial charge in [0.15, 0.2) is 5.82 Å². The van der Waals surface area contributed by atoms with Gasteiger partial charge in [-0.05, 0) is 43.7 Å². The van der Waals surface area contributed by atoms with E-state index in [0.29, 0.717) is 0 Å². The monoisotopic (exact) mass is 395 g/mol. The fraction of sp³-hybridized carbons (Fsp3) is 0.240. The molecule has 0 amide bonds. The molecule has 0 radical (unpaired) electrons. The van der Waals surface area contributed by atoms with Crippen LogP contribution in [0.25, 0.3) is 22.2 Å². The first-order valence-electron chi connectivity index (χ1n) is 10.4. The predicted molar refractivity (Wildman–Crippen MR) is 123 cm³/mol. The fourth-order valence-corrected chi connectivity index (χ4v) is 4.03. The summed E-state index contributed by atoms with van der Waals surface area (Å²) in [5.74, 6) is 2.00. The molecule has 1 aliphatic rings. The number of aromatic nitrogens is 3. The maximum atomic E-state index is 4.89. The van der Waals surface area contributed by atoms with Crippen molar-refractivity contribution in [1.82, 2.24) is 15.2 Å². The molecule has 0 bridgehead atoms. The fourth-order valence-electron chi connectivity index (χ4n) is 4.03. The van der Waals surface area contributed by atoms with Crippen LogP contribution >= 0.6 is 0 Å². The highest BCUT2D eigenvalue weighted by Gasteiger charge is 2.20. The van der Waals surface area contributed by atoms with Crippen LogP contribution in [0, 0.1) is 13.8 Å². The molecular weight excluding hydrogens is 370 g/mol. The number of piperazine rings is 1. The van der Waals surface area contributed by atoms with E-state index in [0.717, 1.165) is 54.6 Å². The first-order chi connectivity index (χ1) is 14.7. The van der Waals surface area contributed by atoms with Gasteiger partial charge >= 0.3 is 0 Å². The molecule has 0 aliphatic carbocycles. The Bertz CT molecular complexity index is 1160. The lowest BCUT2D eigenvalue weighted by atomic mass is 10.1. The lowest BCUT2D eigenvalue weighted by Crippen LogP contribution is -2.47. The Morgan fingerprint density at radius 3 is 2.10 bits per heavy atom. The molecular formula is C25H25N5. The summed E-state index contributed by atoms with van der Waals surface area (Å²) < 4.78 is 0. The molecule has 30 heavy (non-hydrogen) atoms. The lowest BCUT2D eigenvalue weighted by molar-refractivity contribution is 0.639. The second kappa shape index (κ2) is 7.75. The van der Waals surface area contributed by atoms with E-state index < -0.39 is 0 Å². The van der Waals surface area contributed by atoms with Crippen molar-refractivity contribution in [2.45, 2.75) is 13.8 Å². The van der Waals surface area contributed by atoms with Gasteiger partial charge in [0.1, 0.15) is 5.82 Å². The van der Waals surface area contributed by atoms with Crippen LogP contribution in [0.2, 0.25) is 0 Å². The van der Waals surface area contributed by atoms with Crippen molar-refractivity contribution < 1.29 is 0 Å². The Kier molecular flexibility index (Phi) is 4.79. The third kappa shape index (κ3) is 3.59. The van der Waals surface area contributed by atoms with Crippen LogP contribution in [0.5, 0.6) is 0 Å². The second-order valence-electron chi connectivity index (χ2n) is 7.93. The highest BCUT2D eigenvalue weighted by molar-refractivity contribution is 5.83. The van der Waals surface area contributed by atoms with Crippen molar-refractivity contribution in [2.24, 2.45) is 0 Å². The number of rotatable bonds is 3. The normalized spacial score (nSPS) is 14.3. The summed E-state index contributed by atoms with van der Waals surface area (Å²) in [6.45, 7) is 7.92. The molecule has 5 nitrogen and oxygen atoms in total. The molecule has 5 rings (SSSR count). The first-order valence-corrected chi connectivity index (χ1v) is 10.4. The van der Waals surface area contributed by atoms with Crippen molar-refractivity contribution in [3.63, 3.8) is 0 Å².